The third kappa shape index (κ3) is 2.53. The number of benzene rings is 1. The van der Waals surface area contributed by atoms with E-state index in [9.17, 15) is 4.79 Å². The van der Waals surface area contributed by atoms with E-state index in [2.05, 4.69) is 4.98 Å². The monoisotopic (exact) mass is 230 g/mol. The maximum absolute atomic E-state index is 11.1. The van der Waals surface area contributed by atoms with Gasteiger partial charge in [-0.2, -0.15) is 0 Å². The van der Waals surface area contributed by atoms with Crippen LogP contribution in [0.15, 0.2) is 30.3 Å². The maximum atomic E-state index is 11.1. The number of carbonyl (C=O) groups is 1. The molecule has 0 spiro atoms. The molecule has 17 heavy (non-hydrogen) atoms. The summed E-state index contributed by atoms with van der Waals surface area (Å²) in [6.45, 7) is 3.87. The molecule has 0 aliphatic heterocycles. The molecule has 88 valence electrons. The third-order valence-electron chi connectivity index (χ3n) is 2.31. The molecular weight excluding hydrogens is 216 g/mol. The van der Waals surface area contributed by atoms with Crippen molar-refractivity contribution >= 4 is 16.8 Å². The molecule has 0 fully saturated rings. The second-order valence-corrected chi connectivity index (χ2v) is 4.09. The van der Waals surface area contributed by atoms with E-state index in [0.717, 1.165) is 5.39 Å². The summed E-state index contributed by atoms with van der Waals surface area (Å²) >= 11 is 0. The van der Waals surface area contributed by atoms with Gasteiger partial charge in [0.2, 0.25) is 11.8 Å². The summed E-state index contributed by atoms with van der Waals surface area (Å²) in [5.41, 5.74) is 6.38. The van der Waals surface area contributed by atoms with Gasteiger partial charge >= 0.3 is 0 Å². The van der Waals surface area contributed by atoms with E-state index in [4.69, 9.17) is 10.5 Å². The molecular formula is C13H14N2O2. The number of carbonyl (C=O) groups excluding carboxylic acids is 1. The Morgan fingerprint density at radius 2 is 2.00 bits per heavy atom. The lowest BCUT2D eigenvalue weighted by Crippen LogP contribution is -2.10. The Morgan fingerprint density at radius 1 is 1.29 bits per heavy atom. The summed E-state index contributed by atoms with van der Waals surface area (Å²) in [7, 11) is 0. The zero-order valence-electron chi connectivity index (χ0n) is 9.81. The predicted octanol–water partition coefficient (Wildman–Crippen LogP) is 2.12. The lowest BCUT2D eigenvalue weighted by molar-refractivity contribution is 0.100. The highest BCUT2D eigenvalue weighted by molar-refractivity contribution is 5.96. The van der Waals surface area contributed by atoms with Gasteiger partial charge in [-0.05, 0) is 32.0 Å². The van der Waals surface area contributed by atoms with Gasteiger partial charge in [0.05, 0.1) is 11.6 Å². The van der Waals surface area contributed by atoms with E-state index in [1.807, 2.05) is 32.0 Å². The van der Waals surface area contributed by atoms with Crippen molar-refractivity contribution in [3.8, 4) is 5.88 Å². The molecule has 0 aliphatic carbocycles. The minimum Gasteiger partial charge on any atom is -0.475 e. The minimum absolute atomic E-state index is 0.0688. The van der Waals surface area contributed by atoms with Crippen LogP contribution in [-0.4, -0.2) is 17.0 Å². The summed E-state index contributed by atoms with van der Waals surface area (Å²) in [6, 6.07) is 8.90. The molecule has 0 aliphatic rings. The predicted molar refractivity (Wildman–Crippen MR) is 66.0 cm³/mol. The quantitative estimate of drug-likeness (QED) is 0.878. The fraction of sp³-hybridized carbons (Fsp3) is 0.231. The molecule has 0 radical (unpaired) electrons. The standard InChI is InChI=1S/C13H14N2O2/c1-8(2)17-12-6-5-9-3-4-10(13(14)16)7-11(9)15-12/h3-8H,1-2H3,(H2,14,16). The Labute approximate surface area is 99.4 Å². The number of aromatic nitrogens is 1. The Bertz CT molecular complexity index is 564. The Balaban J connectivity index is 2.47. The molecule has 1 heterocycles. The van der Waals surface area contributed by atoms with Gasteiger partial charge in [-0.25, -0.2) is 4.98 Å². The Kier molecular flexibility index (Phi) is 2.95. The molecule has 0 bridgehead atoms. The lowest BCUT2D eigenvalue weighted by Gasteiger charge is -2.09. The van der Waals surface area contributed by atoms with Crippen LogP contribution in [-0.2, 0) is 0 Å². The van der Waals surface area contributed by atoms with Gasteiger partial charge in [0.1, 0.15) is 0 Å². The number of amides is 1. The normalized spacial score (nSPS) is 10.8. The Morgan fingerprint density at radius 3 is 2.65 bits per heavy atom. The number of hydrogen-bond donors (Lipinski definition) is 1. The molecule has 4 heteroatoms. The second-order valence-electron chi connectivity index (χ2n) is 4.09. The zero-order valence-corrected chi connectivity index (χ0v) is 9.81. The number of primary amides is 1. The van der Waals surface area contributed by atoms with Crippen LogP contribution in [0.4, 0.5) is 0 Å². The number of pyridine rings is 1. The van der Waals surface area contributed by atoms with Gasteiger partial charge in [0.25, 0.3) is 0 Å². The van der Waals surface area contributed by atoms with E-state index in [1.165, 1.54) is 0 Å². The second kappa shape index (κ2) is 4.41. The van der Waals surface area contributed by atoms with Crippen molar-refractivity contribution < 1.29 is 9.53 Å². The molecule has 4 nitrogen and oxygen atoms in total. The highest BCUT2D eigenvalue weighted by atomic mass is 16.5. The van der Waals surface area contributed by atoms with Gasteiger partial charge in [0, 0.05) is 17.0 Å². The minimum atomic E-state index is -0.455. The van der Waals surface area contributed by atoms with Crippen molar-refractivity contribution in [2.24, 2.45) is 5.73 Å². The SMILES string of the molecule is CC(C)Oc1ccc2ccc(C(N)=O)cc2n1. The summed E-state index contributed by atoms with van der Waals surface area (Å²) < 4.78 is 5.50. The molecule has 1 aromatic heterocycles. The maximum Gasteiger partial charge on any atom is 0.248 e. The first kappa shape index (κ1) is 11.4. The molecule has 2 rings (SSSR count). The van der Waals surface area contributed by atoms with Crippen LogP contribution >= 0.6 is 0 Å². The summed E-state index contributed by atoms with van der Waals surface area (Å²) in [5, 5.41) is 0.950. The van der Waals surface area contributed by atoms with E-state index < -0.39 is 5.91 Å². The van der Waals surface area contributed by atoms with E-state index in [0.29, 0.717) is 17.0 Å². The smallest absolute Gasteiger partial charge is 0.248 e. The van der Waals surface area contributed by atoms with Crippen LogP contribution in [0, 0.1) is 0 Å². The van der Waals surface area contributed by atoms with Crippen LogP contribution in [0.5, 0.6) is 5.88 Å². The molecule has 2 N–H and O–H groups in total. The van der Waals surface area contributed by atoms with Crippen LogP contribution < -0.4 is 10.5 Å². The summed E-state index contributed by atoms with van der Waals surface area (Å²) in [5.74, 6) is 0.0954. The largest absolute Gasteiger partial charge is 0.475 e. The first-order valence-corrected chi connectivity index (χ1v) is 5.43. The summed E-state index contributed by atoms with van der Waals surface area (Å²) in [6.07, 6.45) is 0.0688. The number of fused-ring (bicyclic) bond motifs is 1. The first-order valence-electron chi connectivity index (χ1n) is 5.43. The fourth-order valence-corrected chi connectivity index (χ4v) is 1.56. The van der Waals surface area contributed by atoms with E-state index >= 15 is 0 Å². The van der Waals surface area contributed by atoms with Gasteiger partial charge < -0.3 is 10.5 Å². The highest BCUT2D eigenvalue weighted by Crippen LogP contribution is 2.18. The number of nitrogens with zero attached hydrogens (tertiary/aromatic N) is 1. The van der Waals surface area contributed by atoms with E-state index in [-0.39, 0.29) is 6.10 Å². The molecule has 0 unspecified atom stereocenters. The van der Waals surface area contributed by atoms with Gasteiger partial charge in [-0.15, -0.1) is 0 Å². The van der Waals surface area contributed by atoms with Gasteiger partial charge in [-0.1, -0.05) is 6.07 Å². The molecule has 0 saturated heterocycles. The highest BCUT2D eigenvalue weighted by Gasteiger charge is 2.05. The molecule has 0 saturated carbocycles. The fourth-order valence-electron chi connectivity index (χ4n) is 1.56. The number of nitrogens with two attached hydrogens (primary N) is 1. The van der Waals surface area contributed by atoms with Gasteiger partial charge in [0.15, 0.2) is 0 Å². The van der Waals surface area contributed by atoms with Crippen LogP contribution in [0.25, 0.3) is 10.9 Å². The van der Waals surface area contributed by atoms with Crippen molar-refractivity contribution in [1.82, 2.24) is 4.98 Å². The lowest BCUT2D eigenvalue weighted by atomic mass is 10.1. The average Bonchev–Trinajstić information content (AvgIpc) is 2.27. The molecule has 0 atom stereocenters. The van der Waals surface area contributed by atoms with Gasteiger partial charge in [-0.3, -0.25) is 4.79 Å². The van der Waals surface area contributed by atoms with Crippen molar-refractivity contribution in [3.05, 3.63) is 35.9 Å². The van der Waals surface area contributed by atoms with Crippen molar-refractivity contribution in [2.45, 2.75) is 20.0 Å². The average molecular weight is 230 g/mol. The summed E-state index contributed by atoms with van der Waals surface area (Å²) in [4.78, 5) is 15.4. The number of rotatable bonds is 3. The zero-order chi connectivity index (χ0) is 12.4. The van der Waals surface area contributed by atoms with Crippen molar-refractivity contribution in [3.63, 3.8) is 0 Å². The molecule has 1 amide bonds. The molecule has 1 aromatic carbocycles. The topological polar surface area (TPSA) is 65.2 Å². The van der Waals surface area contributed by atoms with Crippen LogP contribution in [0.3, 0.4) is 0 Å². The number of ether oxygens (including phenoxy) is 1. The van der Waals surface area contributed by atoms with E-state index in [1.54, 1.807) is 12.1 Å². The molecule has 2 aromatic rings. The van der Waals surface area contributed by atoms with Crippen LogP contribution in [0.2, 0.25) is 0 Å². The van der Waals surface area contributed by atoms with Crippen molar-refractivity contribution in [1.29, 1.82) is 0 Å². The third-order valence-corrected chi connectivity index (χ3v) is 2.31. The first-order chi connectivity index (χ1) is 8.06. The van der Waals surface area contributed by atoms with Crippen LogP contribution in [0.1, 0.15) is 24.2 Å². The Hall–Kier alpha value is -2.10. The van der Waals surface area contributed by atoms with Crippen molar-refractivity contribution in [2.75, 3.05) is 0 Å². The number of hydrogen-bond acceptors (Lipinski definition) is 3.